The molecule has 0 spiro atoms. The van der Waals surface area contributed by atoms with Crippen LogP contribution in [0.2, 0.25) is 0 Å². The van der Waals surface area contributed by atoms with Crippen LogP contribution in [0, 0.1) is 0 Å². The molecule has 3 rings (SSSR count). The van der Waals surface area contributed by atoms with Gasteiger partial charge in [0.15, 0.2) is 0 Å². The van der Waals surface area contributed by atoms with Gasteiger partial charge < -0.3 is 14.4 Å². The molecule has 2 aromatic rings. The highest BCUT2D eigenvalue weighted by Gasteiger charge is 2.27. The maximum Gasteiger partial charge on any atom is 0.147 e. The van der Waals surface area contributed by atoms with Crippen molar-refractivity contribution in [1.82, 2.24) is 29.6 Å². The van der Waals surface area contributed by atoms with Crippen LogP contribution in [0.25, 0.3) is 0 Å². The molecule has 0 amide bonds. The van der Waals surface area contributed by atoms with E-state index in [9.17, 15) is 0 Å². The Morgan fingerprint density at radius 1 is 1.19 bits per heavy atom. The van der Waals surface area contributed by atoms with Gasteiger partial charge in [-0.25, -0.2) is 9.97 Å². The molecule has 0 N–H and O–H groups in total. The van der Waals surface area contributed by atoms with Gasteiger partial charge in [0.1, 0.15) is 23.8 Å². The number of hydrogen-bond acceptors (Lipinski definition) is 6. The third-order valence-corrected chi connectivity index (χ3v) is 5.13. The summed E-state index contributed by atoms with van der Waals surface area (Å²) in [5.41, 5.74) is 1.23. The summed E-state index contributed by atoms with van der Waals surface area (Å²) in [6.07, 6.45) is 5.79. The zero-order valence-electron chi connectivity index (χ0n) is 16.7. The lowest BCUT2D eigenvalue weighted by molar-refractivity contribution is 0.377. The van der Waals surface area contributed by atoms with Crippen molar-refractivity contribution < 1.29 is 0 Å². The average Bonchev–Trinajstić information content (AvgIpc) is 3.03. The van der Waals surface area contributed by atoms with Gasteiger partial charge in [0.05, 0.1) is 6.54 Å². The summed E-state index contributed by atoms with van der Waals surface area (Å²) in [5.74, 6) is 4.21. The van der Waals surface area contributed by atoms with Gasteiger partial charge in [-0.05, 0) is 39.8 Å². The monoisotopic (exact) mass is 357 g/mol. The molecule has 0 aromatic carbocycles. The van der Waals surface area contributed by atoms with Crippen LogP contribution in [0.1, 0.15) is 62.7 Å². The molecule has 0 aliphatic carbocycles. The molecule has 3 heterocycles. The Labute approximate surface area is 156 Å². The average molecular weight is 358 g/mol. The van der Waals surface area contributed by atoms with Crippen molar-refractivity contribution in [3.63, 3.8) is 0 Å². The topological polar surface area (TPSA) is 63.0 Å². The second kappa shape index (κ2) is 8.12. The molecule has 0 bridgehead atoms. The summed E-state index contributed by atoms with van der Waals surface area (Å²) in [4.78, 5) is 13.3. The summed E-state index contributed by atoms with van der Waals surface area (Å²) in [6.45, 7) is 10.3. The molecule has 0 atom stereocenters. The van der Waals surface area contributed by atoms with E-state index in [-0.39, 0.29) is 0 Å². The second-order valence-electron chi connectivity index (χ2n) is 7.67. The van der Waals surface area contributed by atoms with Crippen LogP contribution in [0.3, 0.4) is 0 Å². The lowest BCUT2D eigenvalue weighted by Crippen LogP contribution is -2.35. The predicted octanol–water partition coefficient (Wildman–Crippen LogP) is 2.66. The van der Waals surface area contributed by atoms with E-state index < -0.39 is 0 Å². The first-order valence-corrected chi connectivity index (χ1v) is 9.62. The Hall–Kier alpha value is -2.02. The molecule has 0 saturated carbocycles. The van der Waals surface area contributed by atoms with Gasteiger partial charge in [0.2, 0.25) is 0 Å². The van der Waals surface area contributed by atoms with E-state index in [2.05, 4.69) is 69.4 Å². The minimum Gasteiger partial charge on any atom is -0.356 e. The van der Waals surface area contributed by atoms with Crippen molar-refractivity contribution in [2.45, 2.75) is 58.5 Å². The van der Waals surface area contributed by atoms with Gasteiger partial charge in [0.25, 0.3) is 0 Å². The van der Waals surface area contributed by atoms with Crippen molar-refractivity contribution in [3.8, 4) is 0 Å². The largest absolute Gasteiger partial charge is 0.356 e. The summed E-state index contributed by atoms with van der Waals surface area (Å²) < 4.78 is 2.30. The number of rotatable bonds is 6. The molecule has 1 aliphatic rings. The second-order valence-corrected chi connectivity index (χ2v) is 7.67. The van der Waals surface area contributed by atoms with Gasteiger partial charge in [0, 0.05) is 37.3 Å². The first-order valence-electron chi connectivity index (χ1n) is 9.62. The smallest absolute Gasteiger partial charge is 0.147 e. The molecule has 1 fully saturated rings. The lowest BCUT2D eigenvalue weighted by atomic mass is 9.95. The van der Waals surface area contributed by atoms with Crippen LogP contribution in [0.4, 0.5) is 5.82 Å². The van der Waals surface area contributed by atoms with Crippen molar-refractivity contribution >= 4 is 5.82 Å². The Kier molecular flexibility index (Phi) is 5.86. The minimum atomic E-state index is 0.431. The molecule has 7 nitrogen and oxygen atoms in total. The van der Waals surface area contributed by atoms with Crippen LogP contribution in [-0.2, 0) is 13.1 Å². The Balaban J connectivity index is 1.72. The molecule has 7 heteroatoms. The van der Waals surface area contributed by atoms with E-state index in [1.165, 1.54) is 5.56 Å². The highest BCUT2D eigenvalue weighted by Crippen LogP contribution is 2.32. The summed E-state index contributed by atoms with van der Waals surface area (Å²) >= 11 is 0. The molecule has 0 unspecified atom stereocenters. The fraction of sp³-hybridized carbons (Fsp3) is 0.684. The van der Waals surface area contributed by atoms with Crippen LogP contribution in [0.15, 0.2) is 12.5 Å². The van der Waals surface area contributed by atoms with E-state index in [0.717, 1.165) is 56.5 Å². The van der Waals surface area contributed by atoms with E-state index in [4.69, 9.17) is 0 Å². The van der Waals surface area contributed by atoms with Crippen LogP contribution in [0.5, 0.6) is 0 Å². The minimum absolute atomic E-state index is 0.431. The predicted molar refractivity (Wildman–Crippen MR) is 103 cm³/mol. The van der Waals surface area contributed by atoms with Crippen molar-refractivity contribution in [2.24, 2.45) is 0 Å². The van der Waals surface area contributed by atoms with Gasteiger partial charge in [-0.2, -0.15) is 0 Å². The highest BCUT2D eigenvalue weighted by atomic mass is 15.3. The third kappa shape index (κ3) is 3.87. The number of nitrogens with zero attached hydrogens (tertiary/aromatic N) is 7. The molecule has 1 saturated heterocycles. The molecular formula is C19H31N7. The first-order chi connectivity index (χ1) is 12.5. The quantitative estimate of drug-likeness (QED) is 0.792. The Morgan fingerprint density at radius 2 is 1.92 bits per heavy atom. The number of hydrogen-bond donors (Lipinski definition) is 0. The van der Waals surface area contributed by atoms with E-state index in [1.807, 2.05) is 6.20 Å². The Bertz CT molecular complexity index is 714. The lowest BCUT2D eigenvalue weighted by Gasteiger charge is -2.34. The summed E-state index contributed by atoms with van der Waals surface area (Å²) in [5, 5.41) is 9.00. The number of piperidine rings is 1. The summed E-state index contributed by atoms with van der Waals surface area (Å²) in [7, 11) is 4.14. The van der Waals surface area contributed by atoms with Gasteiger partial charge in [-0.15, -0.1) is 10.2 Å². The fourth-order valence-corrected chi connectivity index (χ4v) is 3.75. The highest BCUT2D eigenvalue weighted by molar-refractivity contribution is 5.47. The van der Waals surface area contributed by atoms with E-state index in [0.29, 0.717) is 11.8 Å². The third-order valence-electron chi connectivity index (χ3n) is 5.13. The molecule has 2 aromatic heterocycles. The number of anilines is 1. The van der Waals surface area contributed by atoms with Crippen LogP contribution < -0.4 is 4.90 Å². The van der Waals surface area contributed by atoms with E-state index in [1.54, 1.807) is 6.33 Å². The van der Waals surface area contributed by atoms with Gasteiger partial charge in [-0.1, -0.05) is 13.8 Å². The van der Waals surface area contributed by atoms with Crippen LogP contribution >= 0.6 is 0 Å². The Morgan fingerprint density at radius 3 is 2.54 bits per heavy atom. The van der Waals surface area contributed by atoms with Crippen molar-refractivity contribution in [3.05, 3.63) is 29.7 Å². The molecule has 1 aliphatic heterocycles. The first kappa shape index (κ1) is 18.8. The zero-order valence-corrected chi connectivity index (χ0v) is 16.7. The maximum absolute atomic E-state index is 4.57. The zero-order chi connectivity index (χ0) is 18.7. The standard InChI is InChI=1S/C19H31N7/c1-6-26-17(12-24(4)5)22-23-18(26)15-7-9-25(10-8-15)19-16(14(2)3)11-20-13-21-19/h11,13-15H,6-10,12H2,1-5H3. The summed E-state index contributed by atoms with van der Waals surface area (Å²) in [6, 6.07) is 0. The van der Waals surface area contributed by atoms with Crippen molar-refractivity contribution in [1.29, 1.82) is 0 Å². The van der Waals surface area contributed by atoms with Crippen LogP contribution in [-0.4, -0.2) is 56.8 Å². The molecule has 26 heavy (non-hydrogen) atoms. The fourth-order valence-electron chi connectivity index (χ4n) is 3.75. The maximum atomic E-state index is 4.57. The normalized spacial score (nSPS) is 16.0. The molecular weight excluding hydrogens is 326 g/mol. The van der Waals surface area contributed by atoms with Gasteiger partial charge >= 0.3 is 0 Å². The van der Waals surface area contributed by atoms with Crippen molar-refractivity contribution in [2.75, 3.05) is 32.1 Å². The molecule has 0 radical (unpaired) electrons. The molecule has 142 valence electrons. The van der Waals surface area contributed by atoms with Gasteiger partial charge in [-0.3, -0.25) is 0 Å². The SMILES string of the molecule is CCn1c(CN(C)C)nnc1C1CCN(c2ncncc2C(C)C)CC1. The van der Waals surface area contributed by atoms with E-state index >= 15 is 0 Å². The number of aromatic nitrogens is 5.